The first-order valence-electron chi connectivity index (χ1n) is 16.3. The molecule has 3 aliphatic carbocycles. The van der Waals surface area contributed by atoms with Crippen LogP contribution >= 0.6 is 0 Å². The molecule has 38 heavy (non-hydrogen) atoms. The van der Waals surface area contributed by atoms with Crippen molar-refractivity contribution in [3.63, 3.8) is 0 Å². The van der Waals surface area contributed by atoms with Crippen molar-refractivity contribution in [3.05, 3.63) is 0 Å². The Labute approximate surface area is 231 Å². The van der Waals surface area contributed by atoms with Gasteiger partial charge in [-0.2, -0.15) is 0 Å². The summed E-state index contributed by atoms with van der Waals surface area (Å²) in [6, 6.07) is 1.33. The first-order chi connectivity index (χ1) is 18.4. The summed E-state index contributed by atoms with van der Waals surface area (Å²) in [5, 5.41) is 14.4. The fourth-order valence-corrected chi connectivity index (χ4v) is 8.97. The Morgan fingerprint density at radius 2 is 1.84 bits per heavy atom. The molecule has 6 rings (SSSR count). The molecule has 8 atom stereocenters. The Hall–Kier alpha value is -0.980. The number of aliphatic imine (C=N–C) groups is 2. The first kappa shape index (κ1) is 27.2. The van der Waals surface area contributed by atoms with Crippen molar-refractivity contribution in [2.24, 2.45) is 39.6 Å². The Balaban J connectivity index is 1.17. The minimum absolute atomic E-state index is 0.338. The maximum Gasteiger partial charge on any atom is 0.154 e. The number of aliphatic hydroxyl groups excluding tert-OH is 1. The van der Waals surface area contributed by atoms with Crippen LogP contribution in [0.5, 0.6) is 0 Å². The molecule has 3 aliphatic heterocycles. The molecule has 2 N–H and O–H groups in total. The van der Waals surface area contributed by atoms with Gasteiger partial charge in [-0.1, -0.05) is 38.5 Å². The quantitative estimate of drug-likeness (QED) is 0.350. The minimum Gasteiger partial charge on any atom is -0.368 e. The summed E-state index contributed by atoms with van der Waals surface area (Å²) in [4.78, 5) is 13.5. The van der Waals surface area contributed by atoms with Crippen molar-refractivity contribution in [2.45, 2.75) is 140 Å². The molecule has 6 aliphatic rings. The zero-order valence-electron chi connectivity index (χ0n) is 24.4. The maximum absolute atomic E-state index is 10.4. The molecule has 6 nitrogen and oxygen atoms in total. The fraction of sp³-hybridized carbons (Fsp3) is 0.938. The van der Waals surface area contributed by atoms with E-state index in [1.165, 1.54) is 88.6 Å². The zero-order valence-corrected chi connectivity index (χ0v) is 24.4. The average Bonchev–Trinajstić information content (AvgIpc) is 3.79. The van der Waals surface area contributed by atoms with Crippen LogP contribution in [0, 0.1) is 29.6 Å². The second-order valence-corrected chi connectivity index (χ2v) is 14.2. The van der Waals surface area contributed by atoms with Crippen molar-refractivity contribution in [2.75, 3.05) is 20.2 Å². The number of piperidine rings is 1. The number of rotatable bonds is 6. The van der Waals surface area contributed by atoms with Crippen LogP contribution in [-0.4, -0.2) is 71.7 Å². The van der Waals surface area contributed by atoms with E-state index in [4.69, 9.17) is 14.7 Å². The molecular weight excluding hydrogens is 472 g/mol. The largest absolute Gasteiger partial charge is 0.368 e. The molecule has 0 amide bonds. The summed E-state index contributed by atoms with van der Waals surface area (Å²) >= 11 is 0. The summed E-state index contributed by atoms with van der Waals surface area (Å²) in [5.74, 6) is 4.89. The van der Waals surface area contributed by atoms with Crippen LogP contribution in [0.2, 0.25) is 0 Å². The molecule has 214 valence electrons. The highest BCUT2D eigenvalue weighted by Crippen LogP contribution is 2.60. The Morgan fingerprint density at radius 3 is 2.58 bits per heavy atom. The number of hydrogen-bond acceptors (Lipinski definition) is 6. The summed E-state index contributed by atoms with van der Waals surface area (Å²) in [6.45, 7) is 6.84. The number of methoxy groups -OCH3 is 1. The number of aliphatic hydroxyl groups is 1. The Morgan fingerprint density at radius 1 is 1.05 bits per heavy atom. The highest BCUT2D eigenvalue weighted by atomic mass is 16.6. The lowest BCUT2D eigenvalue weighted by Gasteiger charge is -2.44. The fourth-order valence-electron chi connectivity index (χ4n) is 8.97. The molecular formula is C32H54N4O2. The van der Waals surface area contributed by atoms with Gasteiger partial charge in [0.15, 0.2) is 6.29 Å². The Kier molecular flexibility index (Phi) is 8.22. The third-order valence-corrected chi connectivity index (χ3v) is 11.1. The number of likely N-dealkylation sites (tertiary alicyclic amines) is 1. The van der Waals surface area contributed by atoms with E-state index in [0.29, 0.717) is 41.4 Å². The van der Waals surface area contributed by atoms with E-state index in [0.717, 1.165) is 44.2 Å². The van der Waals surface area contributed by atoms with Crippen LogP contribution in [0.15, 0.2) is 9.98 Å². The van der Waals surface area contributed by atoms with Gasteiger partial charge in [0.1, 0.15) is 5.84 Å². The first-order valence-corrected chi connectivity index (χ1v) is 16.3. The number of nitrogens with zero attached hydrogens (tertiary/aromatic N) is 3. The normalized spacial score (nSPS) is 42.7. The third kappa shape index (κ3) is 6.02. The molecule has 0 aromatic carbocycles. The highest BCUT2D eigenvalue weighted by Gasteiger charge is 2.64. The van der Waals surface area contributed by atoms with Gasteiger partial charge >= 0.3 is 0 Å². The van der Waals surface area contributed by atoms with Gasteiger partial charge < -0.3 is 20.1 Å². The van der Waals surface area contributed by atoms with E-state index in [-0.39, 0.29) is 0 Å². The average molecular weight is 527 g/mol. The summed E-state index contributed by atoms with van der Waals surface area (Å²) < 4.78 is 5.30. The van der Waals surface area contributed by atoms with Crippen LogP contribution in [0.25, 0.3) is 0 Å². The van der Waals surface area contributed by atoms with Gasteiger partial charge in [0.2, 0.25) is 0 Å². The molecule has 5 fully saturated rings. The van der Waals surface area contributed by atoms with Crippen molar-refractivity contribution in [1.29, 1.82) is 0 Å². The lowest BCUT2D eigenvalue weighted by Crippen LogP contribution is -2.48. The van der Waals surface area contributed by atoms with Crippen LogP contribution in [0.3, 0.4) is 0 Å². The monoisotopic (exact) mass is 526 g/mol. The van der Waals surface area contributed by atoms with E-state index in [2.05, 4.69) is 24.1 Å². The van der Waals surface area contributed by atoms with Crippen molar-refractivity contribution in [3.8, 4) is 0 Å². The molecule has 0 aromatic heterocycles. The molecule has 0 radical (unpaired) electrons. The molecule has 0 spiro atoms. The van der Waals surface area contributed by atoms with Crippen LogP contribution in [0.1, 0.15) is 110 Å². The number of hydrogen-bond donors (Lipinski definition) is 2. The summed E-state index contributed by atoms with van der Waals surface area (Å²) in [7, 11) is 1.63. The minimum atomic E-state index is -0.655. The van der Waals surface area contributed by atoms with E-state index in [1.807, 2.05) is 0 Å². The van der Waals surface area contributed by atoms with Crippen LogP contribution < -0.4 is 5.32 Å². The predicted molar refractivity (Wildman–Crippen MR) is 155 cm³/mol. The predicted octanol–water partition coefficient (Wildman–Crippen LogP) is 5.58. The van der Waals surface area contributed by atoms with E-state index < -0.39 is 6.29 Å². The standard InChI is InChI=1S/C32H54N4O2/c1-21-10-13-29(28-18-32(28,35-21)26-11-12-26)34-27-14-22(2)33-30(17-27)36-19-23(16-31(37)38-3)15-25(20-36)24-8-6-4-5-7-9-24/h21-28,31,35,37H,4-20H2,1-3H3. The zero-order chi connectivity index (χ0) is 26.3. The SMILES string of the molecule is COC(O)CC1CC(C2CCCCCC2)CN(C2=NC(C)CC(N=C3CCC(C)NC4(C5CC5)CC34)C2)C1. The molecule has 0 bridgehead atoms. The molecule has 3 heterocycles. The number of nitrogens with one attached hydrogen (secondary N) is 1. The highest BCUT2D eigenvalue weighted by molar-refractivity contribution is 5.92. The van der Waals surface area contributed by atoms with Crippen molar-refractivity contribution < 1.29 is 9.84 Å². The van der Waals surface area contributed by atoms with Gasteiger partial charge in [0.25, 0.3) is 0 Å². The Bertz CT molecular complexity index is 879. The molecule has 8 unspecified atom stereocenters. The second kappa shape index (κ2) is 11.5. The van der Waals surface area contributed by atoms with Gasteiger partial charge in [-0.15, -0.1) is 0 Å². The van der Waals surface area contributed by atoms with Crippen LogP contribution in [-0.2, 0) is 4.74 Å². The molecule has 0 aromatic rings. The molecule has 3 saturated carbocycles. The summed E-state index contributed by atoms with van der Waals surface area (Å²) in [6.07, 6.45) is 18.3. The topological polar surface area (TPSA) is 69.5 Å². The number of fused-ring (bicyclic) bond motifs is 1. The number of amidine groups is 1. The lowest BCUT2D eigenvalue weighted by molar-refractivity contribution is -0.0931. The van der Waals surface area contributed by atoms with Crippen molar-refractivity contribution >= 4 is 11.5 Å². The number of ether oxygens (including phenoxy) is 1. The lowest BCUT2D eigenvalue weighted by atomic mass is 9.76. The molecule has 2 saturated heterocycles. The molecule has 6 heteroatoms. The van der Waals surface area contributed by atoms with Gasteiger partial charge in [-0.05, 0) is 82.5 Å². The van der Waals surface area contributed by atoms with E-state index in [9.17, 15) is 5.11 Å². The second-order valence-electron chi connectivity index (χ2n) is 14.2. The van der Waals surface area contributed by atoms with E-state index in [1.54, 1.807) is 7.11 Å². The smallest absolute Gasteiger partial charge is 0.154 e. The third-order valence-electron chi connectivity index (χ3n) is 11.1. The van der Waals surface area contributed by atoms with Gasteiger partial charge in [-0.3, -0.25) is 9.98 Å². The van der Waals surface area contributed by atoms with Gasteiger partial charge in [-0.25, -0.2) is 0 Å². The van der Waals surface area contributed by atoms with Crippen LogP contribution in [0.4, 0.5) is 0 Å². The maximum atomic E-state index is 10.4. The van der Waals surface area contributed by atoms with Gasteiger partial charge in [0.05, 0.1) is 12.1 Å². The van der Waals surface area contributed by atoms with Gasteiger partial charge in [0, 0.05) is 56.3 Å². The van der Waals surface area contributed by atoms with E-state index >= 15 is 0 Å². The van der Waals surface area contributed by atoms with Crippen molar-refractivity contribution in [1.82, 2.24) is 10.2 Å². The summed E-state index contributed by atoms with van der Waals surface area (Å²) in [5.41, 5.74) is 1.92.